The van der Waals surface area contributed by atoms with Crippen LogP contribution in [0.2, 0.25) is 0 Å². The van der Waals surface area contributed by atoms with Crippen molar-refractivity contribution in [3.05, 3.63) is 82.0 Å². The Morgan fingerprint density at radius 3 is 2.46 bits per heavy atom. The number of nitrogens with zero attached hydrogens (tertiary/aromatic N) is 3. The average molecular weight is 478 g/mol. The Morgan fingerprint density at radius 1 is 1.20 bits per heavy atom. The summed E-state index contributed by atoms with van der Waals surface area (Å²) in [5.74, 6) is 0.798. The van der Waals surface area contributed by atoms with Crippen LogP contribution in [0.1, 0.15) is 80.3 Å². The molecular weight excluding hydrogens is 430 g/mol. The van der Waals surface area contributed by atoms with Crippen molar-refractivity contribution in [1.82, 2.24) is 15.1 Å². The SMILES string of the molecule is C\C=C/C=C(\C=C\CC)C(C)N(C)/C(C)=C(\C=C(\C)CC)/N=C\C(Nc1cc(C)[nH]n1)=C(/C)CC. The Labute approximate surface area is 214 Å². The molecule has 0 radical (unpaired) electrons. The minimum Gasteiger partial charge on any atom is -0.370 e. The van der Waals surface area contributed by atoms with Crippen LogP contribution in [0.25, 0.3) is 0 Å². The summed E-state index contributed by atoms with van der Waals surface area (Å²) < 4.78 is 0. The van der Waals surface area contributed by atoms with Crippen LogP contribution in [0, 0.1) is 6.92 Å². The maximum Gasteiger partial charge on any atom is 0.152 e. The predicted octanol–water partition coefficient (Wildman–Crippen LogP) is 8.26. The highest BCUT2D eigenvalue weighted by Gasteiger charge is 2.15. The van der Waals surface area contributed by atoms with Gasteiger partial charge in [-0.05, 0) is 78.0 Å². The van der Waals surface area contributed by atoms with Gasteiger partial charge in [0.05, 0.1) is 23.7 Å². The number of H-pyrrole nitrogens is 1. The zero-order chi connectivity index (χ0) is 26.4. The van der Waals surface area contributed by atoms with E-state index in [0.29, 0.717) is 0 Å². The monoisotopic (exact) mass is 477 g/mol. The molecule has 0 aliphatic carbocycles. The van der Waals surface area contributed by atoms with Crippen molar-refractivity contribution in [2.45, 2.75) is 87.6 Å². The highest BCUT2D eigenvalue weighted by molar-refractivity contribution is 5.84. The topological polar surface area (TPSA) is 56.3 Å². The van der Waals surface area contributed by atoms with E-state index in [1.54, 1.807) is 0 Å². The molecule has 0 aromatic carbocycles. The zero-order valence-electron chi connectivity index (χ0n) is 23.7. The normalized spacial score (nSPS) is 15.7. The van der Waals surface area contributed by atoms with Crippen molar-refractivity contribution < 1.29 is 0 Å². The molecule has 0 fully saturated rings. The number of rotatable bonds is 13. The quantitative estimate of drug-likeness (QED) is 0.222. The van der Waals surface area contributed by atoms with Crippen LogP contribution >= 0.6 is 0 Å². The largest absolute Gasteiger partial charge is 0.370 e. The molecule has 2 N–H and O–H groups in total. The van der Waals surface area contributed by atoms with Crippen LogP contribution in [0.15, 0.2) is 81.3 Å². The van der Waals surface area contributed by atoms with Gasteiger partial charge in [0.1, 0.15) is 0 Å². The summed E-state index contributed by atoms with van der Waals surface area (Å²) in [4.78, 5) is 7.31. The summed E-state index contributed by atoms with van der Waals surface area (Å²) in [6.45, 7) is 19.2. The first kappa shape index (κ1) is 30.0. The molecule has 0 spiro atoms. The van der Waals surface area contributed by atoms with Gasteiger partial charge in [-0.1, -0.05) is 56.7 Å². The van der Waals surface area contributed by atoms with E-state index in [0.717, 1.165) is 47.9 Å². The average Bonchev–Trinajstić information content (AvgIpc) is 3.28. The van der Waals surface area contributed by atoms with Crippen LogP contribution < -0.4 is 5.32 Å². The molecule has 192 valence electrons. The van der Waals surface area contributed by atoms with Crippen LogP contribution in [0.5, 0.6) is 0 Å². The lowest BCUT2D eigenvalue weighted by molar-refractivity contribution is 0.361. The van der Waals surface area contributed by atoms with Gasteiger partial charge in [0.25, 0.3) is 0 Å². The van der Waals surface area contributed by atoms with Crippen molar-refractivity contribution in [3.63, 3.8) is 0 Å². The number of aryl methyl sites for hydroxylation is 1. The van der Waals surface area contributed by atoms with E-state index in [-0.39, 0.29) is 6.04 Å². The minimum absolute atomic E-state index is 0.201. The van der Waals surface area contributed by atoms with Gasteiger partial charge in [0, 0.05) is 24.5 Å². The molecule has 0 aliphatic rings. The molecule has 5 nitrogen and oxygen atoms in total. The Hall–Kier alpha value is -3.08. The van der Waals surface area contributed by atoms with Crippen molar-refractivity contribution in [2.24, 2.45) is 4.99 Å². The fourth-order valence-corrected chi connectivity index (χ4v) is 3.25. The van der Waals surface area contributed by atoms with Crippen LogP contribution in [0.3, 0.4) is 0 Å². The lowest BCUT2D eigenvalue weighted by Gasteiger charge is -2.29. The maximum atomic E-state index is 5.00. The van der Waals surface area contributed by atoms with Gasteiger partial charge >= 0.3 is 0 Å². The van der Waals surface area contributed by atoms with Crippen molar-refractivity contribution in [2.75, 3.05) is 12.4 Å². The molecule has 0 amide bonds. The lowest BCUT2D eigenvalue weighted by Crippen LogP contribution is -2.29. The minimum atomic E-state index is 0.201. The number of aromatic nitrogens is 2. The highest BCUT2D eigenvalue weighted by atomic mass is 15.2. The van der Waals surface area contributed by atoms with Gasteiger partial charge in [-0.25, -0.2) is 0 Å². The molecule has 1 heterocycles. The van der Waals surface area contributed by atoms with Gasteiger partial charge in [-0.2, -0.15) is 5.10 Å². The predicted molar refractivity (Wildman–Crippen MR) is 155 cm³/mol. The second kappa shape index (κ2) is 15.8. The second-order valence-corrected chi connectivity index (χ2v) is 8.97. The van der Waals surface area contributed by atoms with Gasteiger partial charge in [0.2, 0.25) is 0 Å². The Bertz CT molecular complexity index is 1010. The van der Waals surface area contributed by atoms with Crippen LogP contribution in [-0.2, 0) is 0 Å². The second-order valence-electron chi connectivity index (χ2n) is 8.97. The van der Waals surface area contributed by atoms with E-state index in [9.17, 15) is 0 Å². The molecule has 1 aromatic heterocycles. The number of nitrogens with one attached hydrogen (secondary N) is 2. The Kier molecular flexibility index (Phi) is 13.5. The number of anilines is 1. The number of aliphatic imine (C=N–C) groups is 1. The molecule has 0 saturated heterocycles. The summed E-state index contributed by atoms with van der Waals surface area (Å²) in [5, 5.41) is 10.8. The summed E-state index contributed by atoms with van der Waals surface area (Å²) in [6, 6.07) is 2.20. The standard InChI is InChI=1S/C30H47N5/c1-11-15-17-27(18-16-12-2)25(8)35(10)26(9)28(19-22(5)13-3)31-21-29(23(6)14-4)32-30-20-24(7)33-34-30/h11,15-21,25H,12-14H2,1-10H3,(H2,32,33,34)/b15-11-,18-16+,22-19-,27-17+,28-26+,29-23-,31-21-. The molecule has 1 unspecified atom stereocenters. The first-order valence-electron chi connectivity index (χ1n) is 12.8. The number of likely N-dealkylation sites (N-methyl/N-ethyl adjacent to an activating group) is 1. The number of allylic oxidation sites excluding steroid dienone is 9. The van der Waals surface area contributed by atoms with Gasteiger partial charge in [-0.3, -0.25) is 10.1 Å². The maximum absolute atomic E-state index is 5.00. The van der Waals surface area contributed by atoms with Gasteiger partial charge in [0.15, 0.2) is 5.82 Å². The molecule has 1 rings (SSSR count). The van der Waals surface area contributed by atoms with Gasteiger partial charge in [-0.15, -0.1) is 0 Å². The molecule has 0 bridgehead atoms. The molecule has 1 atom stereocenters. The fourth-order valence-electron chi connectivity index (χ4n) is 3.25. The Balaban J connectivity index is 3.46. The number of hydrogen-bond acceptors (Lipinski definition) is 4. The van der Waals surface area contributed by atoms with Crippen molar-refractivity contribution >= 4 is 12.0 Å². The third-order valence-electron chi connectivity index (χ3n) is 6.22. The molecule has 5 heteroatoms. The molecule has 35 heavy (non-hydrogen) atoms. The van der Waals surface area contributed by atoms with Crippen LogP contribution in [-0.4, -0.2) is 34.4 Å². The van der Waals surface area contributed by atoms with Gasteiger partial charge < -0.3 is 10.2 Å². The van der Waals surface area contributed by atoms with E-state index < -0.39 is 0 Å². The number of hydrogen-bond donors (Lipinski definition) is 2. The molecule has 1 aromatic rings. The van der Waals surface area contributed by atoms with E-state index in [2.05, 4.69) is 112 Å². The summed E-state index contributed by atoms with van der Waals surface area (Å²) >= 11 is 0. The molecular formula is C30H47N5. The number of aromatic amines is 1. The third-order valence-corrected chi connectivity index (χ3v) is 6.22. The summed E-state index contributed by atoms with van der Waals surface area (Å²) in [7, 11) is 2.15. The van der Waals surface area contributed by atoms with Crippen LogP contribution in [0.4, 0.5) is 5.82 Å². The zero-order valence-corrected chi connectivity index (χ0v) is 23.7. The summed E-state index contributed by atoms with van der Waals surface area (Å²) in [5.41, 5.74) is 7.87. The van der Waals surface area contributed by atoms with E-state index in [1.165, 1.54) is 16.7 Å². The molecule has 0 aliphatic heterocycles. The highest BCUT2D eigenvalue weighted by Crippen LogP contribution is 2.22. The first-order valence-corrected chi connectivity index (χ1v) is 12.8. The Morgan fingerprint density at radius 2 is 1.91 bits per heavy atom. The van der Waals surface area contributed by atoms with E-state index >= 15 is 0 Å². The first-order chi connectivity index (χ1) is 16.7. The smallest absolute Gasteiger partial charge is 0.152 e. The van der Waals surface area contributed by atoms with E-state index in [4.69, 9.17) is 4.99 Å². The third kappa shape index (κ3) is 9.97. The molecule has 0 saturated carbocycles. The fraction of sp³-hybridized carbons (Fsp3) is 0.467. The van der Waals surface area contributed by atoms with Crippen molar-refractivity contribution in [3.8, 4) is 0 Å². The summed E-state index contributed by atoms with van der Waals surface area (Å²) in [6.07, 6.45) is 17.9. The van der Waals surface area contributed by atoms with Crippen molar-refractivity contribution in [1.29, 1.82) is 0 Å². The van der Waals surface area contributed by atoms with E-state index in [1.807, 2.05) is 26.1 Å². The lowest BCUT2D eigenvalue weighted by atomic mass is 10.0.